The van der Waals surface area contributed by atoms with Crippen LogP contribution in [0.25, 0.3) is 0 Å². The number of aryl methyl sites for hydroxylation is 1. The van der Waals surface area contributed by atoms with Crippen LogP contribution >= 0.6 is 0 Å². The number of rotatable bonds is 5. The summed E-state index contributed by atoms with van der Waals surface area (Å²) >= 11 is 0. The molecule has 0 amide bonds. The van der Waals surface area contributed by atoms with Crippen molar-refractivity contribution in [2.75, 3.05) is 12.4 Å². The summed E-state index contributed by atoms with van der Waals surface area (Å²) in [5, 5.41) is 3.31. The van der Waals surface area contributed by atoms with Crippen molar-refractivity contribution >= 4 is 5.95 Å². The first-order valence-electron chi connectivity index (χ1n) is 6.38. The Bertz CT molecular complexity index is 403. The van der Waals surface area contributed by atoms with Crippen molar-refractivity contribution in [1.82, 2.24) is 9.97 Å². The molecule has 18 heavy (non-hydrogen) atoms. The monoisotopic (exact) mass is 251 g/mol. The molecule has 0 unspecified atom stereocenters. The van der Waals surface area contributed by atoms with Crippen molar-refractivity contribution in [1.29, 1.82) is 0 Å². The lowest BCUT2D eigenvalue weighted by atomic mass is 9.89. The Morgan fingerprint density at radius 2 is 2.06 bits per heavy atom. The van der Waals surface area contributed by atoms with Gasteiger partial charge in [0.1, 0.15) is 0 Å². The van der Waals surface area contributed by atoms with E-state index < -0.39 is 0 Å². The highest BCUT2D eigenvalue weighted by atomic mass is 16.5. The molecule has 1 N–H and O–H groups in total. The lowest BCUT2D eigenvalue weighted by molar-refractivity contribution is 0.0327. The van der Waals surface area contributed by atoms with Gasteiger partial charge in [0, 0.05) is 24.9 Å². The zero-order chi connectivity index (χ0) is 13.1. The van der Waals surface area contributed by atoms with Crippen LogP contribution in [0, 0.1) is 6.92 Å². The van der Waals surface area contributed by atoms with Gasteiger partial charge in [-0.2, -0.15) is 4.98 Å². The molecule has 0 radical (unpaired) electrons. The van der Waals surface area contributed by atoms with E-state index in [1.54, 1.807) is 7.11 Å². The summed E-state index contributed by atoms with van der Waals surface area (Å²) in [6, 6.07) is 2.26. The van der Waals surface area contributed by atoms with Gasteiger partial charge in [-0.05, 0) is 33.6 Å². The van der Waals surface area contributed by atoms with E-state index in [2.05, 4.69) is 15.3 Å². The number of hydrogen-bond acceptors (Lipinski definition) is 5. The number of aromatic nitrogens is 2. The number of methoxy groups -OCH3 is 1. The van der Waals surface area contributed by atoms with Crippen LogP contribution < -0.4 is 10.1 Å². The fourth-order valence-electron chi connectivity index (χ4n) is 1.96. The molecule has 5 heteroatoms. The van der Waals surface area contributed by atoms with Crippen molar-refractivity contribution in [3.8, 4) is 5.88 Å². The van der Waals surface area contributed by atoms with E-state index in [0.717, 1.165) is 18.5 Å². The highest BCUT2D eigenvalue weighted by molar-refractivity contribution is 5.32. The predicted octanol–water partition coefficient (Wildman–Crippen LogP) is 2.16. The van der Waals surface area contributed by atoms with Crippen LogP contribution in [0.2, 0.25) is 0 Å². The van der Waals surface area contributed by atoms with Gasteiger partial charge in [-0.1, -0.05) is 0 Å². The fourth-order valence-corrected chi connectivity index (χ4v) is 1.96. The molecule has 1 saturated carbocycles. The van der Waals surface area contributed by atoms with Crippen molar-refractivity contribution in [3.63, 3.8) is 0 Å². The molecule has 5 nitrogen and oxygen atoms in total. The molecule has 1 fully saturated rings. The highest BCUT2D eigenvalue weighted by Gasteiger charge is 2.29. The van der Waals surface area contributed by atoms with Crippen molar-refractivity contribution in [2.45, 2.75) is 51.9 Å². The third-order valence-corrected chi connectivity index (χ3v) is 2.95. The molecule has 0 aromatic carbocycles. The molecule has 0 spiro atoms. The Morgan fingerprint density at radius 3 is 2.67 bits per heavy atom. The Kier molecular flexibility index (Phi) is 4.01. The maximum absolute atomic E-state index is 5.60. The second-order valence-corrected chi connectivity index (χ2v) is 5.01. The Labute approximate surface area is 108 Å². The van der Waals surface area contributed by atoms with E-state index in [0.29, 0.717) is 24.0 Å². The first-order chi connectivity index (χ1) is 8.56. The second kappa shape index (κ2) is 5.52. The van der Waals surface area contributed by atoms with Crippen LogP contribution in [0.4, 0.5) is 5.95 Å². The molecule has 0 atom stereocenters. The minimum absolute atomic E-state index is 0.119. The van der Waals surface area contributed by atoms with Gasteiger partial charge in [-0.15, -0.1) is 0 Å². The molecule has 0 aliphatic heterocycles. The quantitative estimate of drug-likeness (QED) is 0.869. The summed E-state index contributed by atoms with van der Waals surface area (Å²) in [5.74, 6) is 1.27. The zero-order valence-corrected chi connectivity index (χ0v) is 11.4. The van der Waals surface area contributed by atoms with Gasteiger partial charge in [0.25, 0.3) is 0 Å². The summed E-state index contributed by atoms with van der Waals surface area (Å²) < 4.78 is 10.8. The molecule has 1 aliphatic rings. The summed E-state index contributed by atoms with van der Waals surface area (Å²) in [7, 11) is 1.75. The molecule has 1 heterocycles. The van der Waals surface area contributed by atoms with E-state index >= 15 is 0 Å². The van der Waals surface area contributed by atoms with Crippen LogP contribution in [0.5, 0.6) is 5.88 Å². The van der Waals surface area contributed by atoms with E-state index in [1.165, 1.54) is 0 Å². The largest absolute Gasteiger partial charge is 0.475 e. The molecule has 100 valence electrons. The van der Waals surface area contributed by atoms with E-state index in [9.17, 15) is 0 Å². The van der Waals surface area contributed by atoms with E-state index in [1.807, 2.05) is 26.8 Å². The number of hydrogen-bond donors (Lipinski definition) is 1. The minimum Gasteiger partial charge on any atom is -0.475 e. The van der Waals surface area contributed by atoms with Gasteiger partial charge in [0.2, 0.25) is 11.8 Å². The number of ether oxygens (including phenoxy) is 2. The normalized spacial score (nSPS) is 22.7. The predicted molar refractivity (Wildman–Crippen MR) is 70.0 cm³/mol. The Hall–Kier alpha value is -1.36. The average Bonchev–Trinajstić information content (AvgIpc) is 2.20. The SMILES string of the molecule is COC1CC(Nc2nc(C)cc(OC(C)C)n2)C1. The van der Waals surface area contributed by atoms with Gasteiger partial charge in [-0.3, -0.25) is 0 Å². The summed E-state index contributed by atoms with van der Waals surface area (Å²) in [6.45, 7) is 5.91. The number of nitrogens with zero attached hydrogens (tertiary/aromatic N) is 2. The highest BCUT2D eigenvalue weighted by Crippen LogP contribution is 2.25. The van der Waals surface area contributed by atoms with Crippen LogP contribution in [-0.4, -0.2) is 35.3 Å². The maximum Gasteiger partial charge on any atom is 0.226 e. The molecule has 1 aromatic rings. The van der Waals surface area contributed by atoms with Crippen molar-refractivity contribution in [2.24, 2.45) is 0 Å². The van der Waals surface area contributed by atoms with Gasteiger partial charge in [0.05, 0.1) is 12.2 Å². The zero-order valence-electron chi connectivity index (χ0n) is 11.4. The van der Waals surface area contributed by atoms with Gasteiger partial charge in [0.15, 0.2) is 0 Å². The standard InChI is InChI=1S/C13H21N3O2/c1-8(2)18-12-5-9(3)14-13(16-12)15-10-6-11(7-10)17-4/h5,8,10-11H,6-7H2,1-4H3,(H,14,15,16). The topological polar surface area (TPSA) is 56.3 Å². The van der Waals surface area contributed by atoms with Crippen LogP contribution in [0.15, 0.2) is 6.07 Å². The third-order valence-electron chi connectivity index (χ3n) is 2.95. The second-order valence-electron chi connectivity index (χ2n) is 5.01. The molecule has 1 aromatic heterocycles. The van der Waals surface area contributed by atoms with Crippen molar-refractivity contribution < 1.29 is 9.47 Å². The number of nitrogens with one attached hydrogen (secondary N) is 1. The molecule has 0 saturated heterocycles. The first-order valence-corrected chi connectivity index (χ1v) is 6.38. The molecular formula is C13H21N3O2. The lowest BCUT2D eigenvalue weighted by Gasteiger charge is -2.34. The van der Waals surface area contributed by atoms with Crippen LogP contribution in [0.1, 0.15) is 32.4 Å². The van der Waals surface area contributed by atoms with Gasteiger partial charge < -0.3 is 14.8 Å². The van der Waals surface area contributed by atoms with E-state index in [-0.39, 0.29) is 6.10 Å². The summed E-state index contributed by atoms with van der Waals surface area (Å²) in [4.78, 5) is 8.73. The fraction of sp³-hybridized carbons (Fsp3) is 0.692. The first kappa shape index (κ1) is 13.1. The maximum atomic E-state index is 5.60. The average molecular weight is 251 g/mol. The lowest BCUT2D eigenvalue weighted by Crippen LogP contribution is -2.40. The molecule has 0 bridgehead atoms. The summed E-state index contributed by atoms with van der Waals surface area (Å²) in [5.41, 5.74) is 0.908. The minimum atomic E-state index is 0.119. The summed E-state index contributed by atoms with van der Waals surface area (Å²) in [6.07, 6.45) is 2.51. The Balaban J connectivity index is 1.97. The van der Waals surface area contributed by atoms with Gasteiger partial charge >= 0.3 is 0 Å². The number of anilines is 1. The Morgan fingerprint density at radius 1 is 1.33 bits per heavy atom. The molecule has 2 rings (SSSR count). The van der Waals surface area contributed by atoms with Crippen LogP contribution in [-0.2, 0) is 4.74 Å². The van der Waals surface area contributed by atoms with E-state index in [4.69, 9.17) is 9.47 Å². The van der Waals surface area contributed by atoms with Crippen LogP contribution in [0.3, 0.4) is 0 Å². The molecular weight excluding hydrogens is 230 g/mol. The third kappa shape index (κ3) is 3.32. The smallest absolute Gasteiger partial charge is 0.226 e. The molecule has 1 aliphatic carbocycles. The van der Waals surface area contributed by atoms with Gasteiger partial charge in [-0.25, -0.2) is 4.98 Å². The van der Waals surface area contributed by atoms with Crippen molar-refractivity contribution in [3.05, 3.63) is 11.8 Å².